The van der Waals surface area contributed by atoms with E-state index in [-0.39, 0.29) is 5.88 Å². The molecule has 0 aliphatic rings. The average Bonchev–Trinajstić information content (AvgIpc) is 2.14. The van der Waals surface area contributed by atoms with Crippen LogP contribution in [-0.4, -0.2) is 10.1 Å². The molecule has 0 amide bonds. The molecule has 1 rings (SSSR count). The first-order chi connectivity index (χ1) is 4.20. The Morgan fingerprint density at radius 1 is 1.67 bits per heavy atom. The van der Waals surface area contributed by atoms with Crippen LogP contribution in [0.3, 0.4) is 0 Å². The zero-order valence-electron chi connectivity index (χ0n) is 5.46. The Balaban J connectivity index is 2.85. The highest BCUT2D eigenvalue weighted by Gasteiger charge is 2.02. The van der Waals surface area contributed by atoms with E-state index in [1.165, 1.54) is 11.3 Å². The third kappa shape index (κ3) is 1.42. The van der Waals surface area contributed by atoms with Crippen LogP contribution in [0.25, 0.3) is 0 Å². The summed E-state index contributed by atoms with van der Waals surface area (Å²) in [4.78, 5) is 3.88. The smallest absolute Gasteiger partial charge is 0.222 e. The third-order valence-corrected chi connectivity index (χ3v) is 2.14. The molecule has 0 aromatic carbocycles. The Bertz CT molecular complexity index is 195. The minimum atomic E-state index is 0.142. The average molecular weight is 143 g/mol. The van der Waals surface area contributed by atoms with Crippen LogP contribution in [0, 0.1) is 0 Å². The fraction of sp³-hybridized carbons (Fsp3) is 0.500. The van der Waals surface area contributed by atoms with Crippen molar-refractivity contribution >= 4 is 11.3 Å². The number of rotatable bonds is 1. The van der Waals surface area contributed by atoms with Crippen LogP contribution >= 0.6 is 11.3 Å². The molecule has 9 heavy (non-hydrogen) atoms. The lowest BCUT2D eigenvalue weighted by Gasteiger charge is -1.94. The number of thiazole rings is 1. The zero-order chi connectivity index (χ0) is 6.85. The van der Waals surface area contributed by atoms with E-state index >= 15 is 0 Å². The Hall–Kier alpha value is -0.570. The van der Waals surface area contributed by atoms with Gasteiger partial charge in [-0.1, -0.05) is 13.8 Å². The maximum atomic E-state index is 8.80. The second-order valence-electron chi connectivity index (χ2n) is 2.20. The fourth-order valence-electron chi connectivity index (χ4n) is 0.544. The largest absolute Gasteiger partial charge is 0.493 e. The van der Waals surface area contributed by atoms with Crippen LogP contribution in [-0.2, 0) is 0 Å². The summed E-state index contributed by atoms with van der Waals surface area (Å²) >= 11 is 1.50. The van der Waals surface area contributed by atoms with E-state index in [4.69, 9.17) is 5.11 Å². The molecule has 0 aliphatic heterocycles. The molecular formula is C6H9NOS. The molecule has 50 valence electrons. The quantitative estimate of drug-likeness (QED) is 0.652. The molecule has 0 radical (unpaired) electrons. The van der Waals surface area contributed by atoms with Crippen LogP contribution < -0.4 is 0 Å². The van der Waals surface area contributed by atoms with Crippen molar-refractivity contribution in [3.63, 3.8) is 0 Å². The van der Waals surface area contributed by atoms with Gasteiger partial charge in [0.1, 0.15) is 0 Å². The number of hydrogen-bond donors (Lipinski definition) is 1. The van der Waals surface area contributed by atoms with E-state index in [0.717, 1.165) is 5.01 Å². The summed E-state index contributed by atoms with van der Waals surface area (Å²) < 4.78 is 0. The zero-order valence-corrected chi connectivity index (χ0v) is 6.27. The fourth-order valence-corrected chi connectivity index (χ4v) is 1.24. The van der Waals surface area contributed by atoms with Crippen molar-refractivity contribution in [3.8, 4) is 5.88 Å². The Morgan fingerprint density at radius 3 is 2.56 bits per heavy atom. The number of nitrogens with zero attached hydrogens (tertiary/aromatic N) is 1. The first kappa shape index (κ1) is 6.55. The summed E-state index contributed by atoms with van der Waals surface area (Å²) in [6, 6.07) is 0. The molecule has 1 heterocycles. The van der Waals surface area contributed by atoms with Crippen molar-refractivity contribution in [2.24, 2.45) is 0 Å². The predicted molar refractivity (Wildman–Crippen MR) is 37.9 cm³/mol. The van der Waals surface area contributed by atoms with Gasteiger partial charge in [0.2, 0.25) is 5.88 Å². The summed E-state index contributed by atoms with van der Waals surface area (Å²) in [6.07, 6.45) is 0. The van der Waals surface area contributed by atoms with Gasteiger partial charge in [0, 0.05) is 5.92 Å². The van der Waals surface area contributed by atoms with Gasteiger partial charge in [0.15, 0.2) is 0 Å². The molecular weight excluding hydrogens is 134 g/mol. The van der Waals surface area contributed by atoms with Gasteiger partial charge in [0.25, 0.3) is 0 Å². The van der Waals surface area contributed by atoms with Crippen LogP contribution in [0.1, 0.15) is 24.8 Å². The molecule has 0 fully saturated rings. The van der Waals surface area contributed by atoms with E-state index in [1.807, 2.05) is 0 Å². The third-order valence-electron chi connectivity index (χ3n) is 1.00. The summed E-state index contributed by atoms with van der Waals surface area (Å²) in [5.74, 6) is 0.569. The maximum absolute atomic E-state index is 8.80. The molecule has 2 nitrogen and oxygen atoms in total. The molecule has 0 saturated carbocycles. The van der Waals surface area contributed by atoms with Gasteiger partial charge in [-0.05, 0) is 0 Å². The normalized spacial score (nSPS) is 10.6. The van der Waals surface area contributed by atoms with Gasteiger partial charge < -0.3 is 5.11 Å². The lowest BCUT2D eigenvalue weighted by atomic mass is 10.2. The van der Waals surface area contributed by atoms with Gasteiger partial charge in [-0.3, -0.25) is 0 Å². The topological polar surface area (TPSA) is 33.1 Å². The van der Waals surface area contributed by atoms with Gasteiger partial charge in [-0.25, -0.2) is 4.98 Å². The highest BCUT2D eigenvalue weighted by molar-refractivity contribution is 7.09. The molecule has 0 saturated heterocycles. The Kier molecular flexibility index (Phi) is 1.71. The van der Waals surface area contributed by atoms with E-state index in [0.29, 0.717) is 5.92 Å². The Labute approximate surface area is 58.2 Å². The number of aromatic nitrogens is 1. The summed E-state index contributed by atoms with van der Waals surface area (Å²) in [7, 11) is 0. The molecule has 0 bridgehead atoms. The van der Waals surface area contributed by atoms with Crippen molar-refractivity contribution in [2.75, 3.05) is 0 Å². The van der Waals surface area contributed by atoms with E-state index < -0.39 is 0 Å². The SMILES string of the molecule is CC(C)c1nc(O)cs1. The van der Waals surface area contributed by atoms with Crippen LogP contribution in [0.15, 0.2) is 5.38 Å². The van der Waals surface area contributed by atoms with Gasteiger partial charge in [0.05, 0.1) is 10.4 Å². The first-order valence-electron chi connectivity index (χ1n) is 2.84. The number of hydrogen-bond acceptors (Lipinski definition) is 3. The Morgan fingerprint density at radius 2 is 2.33 bits per heavy atom. The second kappa shape index (κ2) is 2.35. The summed E-state index contributed by atoms with van der Waals surface area (Å²) in [5, 5.41) is 11.4. The van der Waals surface area contributed by atoms with Crippen LogP contribution in [0.4, 0.5) is 0 Å². The maximum Gasteiger partial charge on any atom is 0.222 e. The minimum absolute atomic E-state index is 0.142. The van der Waals surface area contributed by atoms with Crippen molar-refractivity contribution in [3.05, 3.63) is 10.4 Å². The van der Waals surface area contributed by atoms with Crippen molar-refractivity contribution in [2.45, 2.75) is 19.8 Å². The van der Waals surface area contributed by atoms with Gasteiger partial charge in [-0.15, -0.1) is 11.3 Å². The first-order valence-corrected chi connectivity index (χ1v) is 3.72. The highest BCUT2D eigenvalue weighted by atomic mass is 32.1. The molecule has 0 spiro atoms. The van der Waals surface area contributed by atoms with E-state index in [2.05, 4.69) is 18.8 Å². The standard InChI is InChI=1S/C6H9NOS/c1-4(2)6-7-5(8)3-9-6/h3-4,8H,1-2H3. The van der Waals surface area contributed by atoms with Crippen molar-refractivity contribution in [1.82, 2.24) is 4.98 Å². The van der Waals surface area contributed by atoms with Gasteiger partial charge >= 0.3 is 0 Å². The molecule has 0 atom stereocenters. The lowest BCUT2D eigenvalue weighted by Crippen LogP contribution is -1.82. The monoisotopic (exact) mass is 143 g/mol. The van der Waals surface area contributed by atoms with Crippen LogP contribution in [0.5, 0.6) is 5.88 Å². The van der Waals surface area contributed by atoms with E-state index in [9.17, 15) is 0 Å². The summed E-state index contributed by atoms with van der Waals surface area (Å²) in [6.45, 7) is 4.11. The highest BCUT2D eigenvalue weighted by Crippen LogP contribution is 2.21. The molecule has 0 aliphatic carbocycles. The molecule has 0 unspecified atom stereocenters. The molecule has 1 aromatic rings. The predicted octanol–water partition coefficient (Wildman–Crippen LogP) is 1.97. The van der Waals surface area contributed by atoms with Crippen LogP contribution in [0.2, 0.25) is 0 Å². The van der Waals surface area contributed by atoms with Crippen molar-refractivity contribution < 1.29 is 5.11 Å². The lowest BCUT2D eigenvalue weighted by molar-refractivity contribution is 0.455. The minimum Gasteiger partial charge on any atom is -0.493 e. The van der Waals surface area contributed by atoms with Gasteiger partial charge in [-0.2, -0.15) is 0 Å². The number of aromatic hydroxyl groups is 1. The molecule has 3 heteroatoms. The molecule has 1 N–H and O–H groups in total. The van der Waals surface area contributed by atoms with Crippen molar-refractivity contribution in [1.29, 1.82) is 0 Å². The van der Waals surface area contributed by atoms with E-state index in [1.54, 1.807) is 5.38 Å². The summed E-state index contributed by atoms with van der Waals surface area (Å²) in [5.41, 5.74) is 0. The second-order valence-corrected chi connectivity index (χ2v) is 3.09. The molecule has 1 aromatic heterocycles.